The molecule has 0 aliphatic rings. The lowest BCUT2D eigenvalue weighted by Crippen LogP contribution is -2.41. The van der Waals surface area contributed by atoms with Gasteiger partial charge in [-0.1, -0.05) is 38.5 Å². The molecule has 1 aromatic heterocycles. The second-order valence-electron chi connectivity index (χ2n) is 7.59. The highest BCUT2D eigenvalue weighted by Crippen LogP contribution is 2.24. The van der Waals surface area contributed by atoms with Gasteiger partial charge in [0, 0.05) is 12.1 Å². The van der Waals surface area contributed by atoms with Crippen LogP contribution in [0.5, 0.6) is 0 Å². The molecule has 0 saturated heterocycles. The molecule has 11 nitrogen and oxygen atoms in total. The number of oxazole rings is 1. The van der Waals surface area contributed by atoms with E-state index in [0.29, 0.717) is 12.0 Å². The van der Waals surface area contributed by atoms with Crippen LogP contribution in [0.2, 0.25) is 0 Å². The number of nitrogens with one attached hydrogen (secondary N) is 2. The number of carbonyl (C=O) groups is 3. The second-order valence-corrected chi connectivity index (χ2v) is 7.59. The van der Waals surface area contributed by atoms with Crippen LogP contribution >= 0.6 is 0 Å². The number of hydrogen-bond donors (Lipinski definition) is 5. The van der Waals surface area contributed by atoms with Crippen LogP contribution in [0, 0.1) is 5.92 Å². The number of carboxylic acids is 1. The summed E-state index contributed by atoms with van der Waals surface area (Å²) < 4.78 is 5.49. The number of carboxylic acid groups (broad SMARTS) is 1. The minimum atomic E-state index is -1.19. The largest absolute Gasteiger partial charge is 0.480 e. The summed E-state index contributed by atoms with van der Waals surface area (Å²) in [6.07, 6.45) is 2.36. The van der Waals surface area contributed by atoms with Crippen LogP contribution in [0.25, 0.3) is 0 Å². The number of aromatic nitrogens is 1. The molecule has 0 saturated carbocycles. The predicted octanol–water partition coefficient (Wildman–Crippen LogP) is 1.43. The standard InChI is InChI=1S/C22H30N6O5/c1-3-13(2)17(28-18(29)14-8-5-4-6-9-14)20-27-16(12-33-20)19(30)26-15(21(31)32)10-7-11-25-22(23)24/h4-6,8-9,12-13,15,17H,3,7,10-11H2,1-2H3,(H,26,30)(H,28,29)(H,31,32)(H4,23,24,25)/t13?,15-,17?/m0/s1. The van der Waals surface area contributed by atoms with Gasteiger partial charge in [0.2, 0.25) is 5.89 Å². The molecule has 7 N–H and O–H groups in total. The van der Waals surface area contributed by atoms with Crippen LogP contribution in [0.3, 0.4) is 0 Å². The summed E-state index contributed by atoms with van der Waals surface area (Å²) in [6.45, 7) is 4.13. The Kier molecular flexibility index (Phi) is 9.40. The molecular formula is C22H30N6O5. The number of guanidine groups is 1. The van der Waals surface area contributed by atoms with E-state index in [1.807, 2.05) is 19.9 Å². The van der Waals surface area contributed by atoms with Gasteiger partial charge in [0.15, 0.2) is 11.7 Å². The highest BCUT2D eigenvalue weighted by molar-refractivity contribution is 5.95. The zero-order valence-corrected chi connectivity index (χ0v) is 18.7. The maximum Gasteiger partial charge on any atom is 0.326 e. The van der Waals surface area contributed by atoms with Crippen LogP contribution < -0.4 is 22.1 Å². The van der Waals surface area contributed by atoms with Gasteiger partial charge in [0.25, 0.3) is 11.8 Å². The number of carbonyl (C=O) groups excluding carboxylic acids is 2. The van der Waals surface area contributed by atoms with Crippen LogP contribution in [0.1, 0.15) is 65.9 Å². The molecule has 2 rings (SSSR count). The van der Waals surface area contributed by atoms with Gasteiger partial charge in [0.1, 0.15) is 18.3 Å². The molecule has 2 aromatic rings. The van der Waals surface area contributed by atoms with Crippen molar-refractivity contribution < 1.29 is 23.9 Å². The maximum absolute atomic E-state index is 12.6. The first-order valence-corrected chi connectivity index (χ1v) is 10.6. The summed E-state index contributed by atoms with van der Waals surface area (Å²) in [7, 11) is 0. The maximum atomic E-state index is 12.6. The number of amides is 2. The summed E-state index contributed by atoms with van der Waals surface area (Å²) in [5.41, 5.74) is 10.9. The SMILES string of the molecule is CCC(C)C(NC(=O)c1ccccc1)c1nc(C(=O)N[C@@H](CCCN=C(N)N)C(=O)O)co1. The summed E-state index contributed by atoms with van der Waals surface area (Å²) in [6, 6.07) is 7.00. The zero-order chi connectivity index (χ0) is 24.4. The molecule has 33 heavy (non-hydrogen) atoms. The van der Waals surface area contributed by atoms with Crippen molar-refractivity contribution in [3.63, 3.8) is 0 Å². The third-order valence-corrected chi connectivity index (χ3v) is 5.10. The fourth-order valence-corrected chi connectivity index (χ4v) is 3.03. The van der Waals surface area contributed by atoms with Gasteiger partial charge in [0.05, 0.1) is 0 Å². The summed E-state index contributed by atoms with van der Waals surface area (Å²) in [4.78, 5) is 44.7. The van der Waals surface area contributed by atoms with Crippen LogP contribution in [0.15, 0.2) is 46.0 Å². The van der Waals surface area contributed by atoms with Gasteiger partial charge in [-0.3, -0.25) is 14.6 Å². The number of benzene rings is 1. The van der Waals surface area contributed by atoms with Crippen LogP contribution in [-0.2, 0) is 4.79 Å². The Morgan fingerprint density at radius 1 is 1.15 bits per heavy atom. The number of aliphatic imine (C=N–C) groups is 1. The lowest BCUT2D eigenvalue weighted by atomic mass is 9.98. The van der Waals surface area contributed by atoms with Crippen molar-refractivity contribution in [3.05, 3.63) is 53.7 Å². The first-order valence-electron chi connectivity index (χ1n) is 10.6. The third-order valence-electron chi connectivity index (χ3n) is 5.10. The molecule has 1 heterocycles. The molecular weight excluding hydrogens is 428 g/mol. The minimum Gasteiger partial charge on any atom is -0.480 e. The first kappa shape index (κ1) is 25.4. The molecule has 3 atom stereocenters. The van der Waals surface area contributed by atoms with E-state index in [4.69, 9.17) is 15.9 Å². The Hall–Kier alpha value is -3.89. The van der Waals surface area contributed by atoms with E-state index in [2.05, 4.69) is 20.6 Å². The van der Waals surface area contributed by atoms with E-state index in [-0.39, 0.29) is 42.3 Å². The normalized spacial score (nSPS) is 13.4. The Balaban J connectivity index is 2.09. The lowest BCUT2D eigenvalue weighted by molar-refractivity contribution is -0.139. The monoisotopic (exact) mass is 458 g/mol. The summed E-state index contributed by atoms with van der Waals surface area (Å²) in [5.74, 6) is -2.14. The van der Waals surface area contributed by atoms with Gasteiger partial charge < -0.3 is 31.6 Å². The Morgan fingerprint density at radius 2 is 1.85 bits per heavy atom. The first-order chi connectivity index (χ1) is 15.7. The molecule has 0 aliphatic heterocycles. The average molecular weight is 459 g/mol. The lowest BCUT2D eigenvalue weighted by Gasteiger charge is -2.21. The van der Waals surface area contributed by atoms with E-state index in [1.54, 1.807) is 24.3 Å². The van der Waals surface area contributed by atoms with Crippen LogP contribution in [0.4, 0.5) is 0 Å². The van der Waals surface area contributed by atoms with E-state index in [1.165, 1.54) is 0 Å². The molecule has 2 unspecified atom stereocenters. The summed E-state index contributed by atoms with van der Waals surface area (Å²) in [5, 5.41) is 14.7. The topological polar surface area (TPSA) is 186 Å². The van der Waals surface area contributed by atoms with Gasteiger partial charge >= 0.3 is 5.97 Å². The molecule has 178 valence electrons. The number of aliphatic carboxylic acids is 1. The average Bonchev–Trinajstić information content (AvgIpc) is 3.29. The number of nitrogens with zero attached hydrogens (tertiary/aromatic N) is 2. The van der Waals surface area contributed by atoms with E-state index in [9.17, 15) is 19.5 Å². The van der Waals surface area contributed by atoms with Crippen molar-refractivity contribution in [2.24, 2.45) is 22.4 Å². The van der Waals surface area contributed by atoms with Crippen molar-refractivity contribution in [1.29, 1.82) is 0 Å². The zero-order valence-electron chi connectivity index (χ0n) is 18.7. The van der Waals surface area contributed by atoms with Crippen molar-refractivity contribution in [2.45, 2.75) is 45.2 Å². The van der Waals surface area contributed by atoms with Gasteiger partial charge in [-0.25, -0.2) is 9.78 Å². The Bertz CT molecular complexity index is 971. The molecule has 0 aliphatic carbocycles. The smallest absolute Gasteiger partial charge is 0.326 e. The van der Waals surface area contributed by atoms with Crippen LogP contribution in [-0.4, -0.2) is 46.4 Å². The molecule has 0 bridgehead atoms. The van der Waals surface area contributed by atoms with E-state index in [0.717, 1.165) is 12.7 Å². The third kappa shape index (κ3) is 7.63. The van der Waals surface area contributed by atoms with E-state index < -0.39 is 24.0 Å². The fraction of sp³-hybridized carbons (Fsp3) is 0.409. The van der Waals surface area contributed by atoms with Gasteiger partial charge in [-0.15, -0.1) is 0 Å². The van der Waals surface area contributed by atoms with Crippen molar-refractivity contribution in [3.8, 4) is 0 Å². The minimum absolute atomic E-state index is 0.0328. The molecule has 0 spiro atoms. The quantitative estimate of drug-likeness (QED) is 0.179. The molecule has 0 fully saturated rings. The van der Waals surface area contributed by atoms with Crippen molar-refractivity contribution >= 4 is 23.7 Å². The second kappa shape index (κ2) is 12.2. The highest BCUT2D eigenvalue weighted by Gasteiger charge is 2.28. The molecule has 11 heteroatoms. The molecule has 1 aromatic carbocycles. The Morgan fingerprint density at radius 3 is 2.45 bits per heavy atom. The number of nitrogens with two attached hydrogens (primary N) is 2. The van der Waals surface area contributed by atoms with Gasteiger partial charge in [-0.2, -0.15) is 0 Å². The van der Waals surface area contributed by atoms with E-state index >= 15 is 0 Å². The predicted molar refractivity (Wildman–Crippen MR) is 121 cm³/mol. The number of hydrogen-bond acceptors (Lipinski definition) is 6. The fourth-order valence-electron chi connectivity index (χ4n) is 3.03. The molecule has 0 radical (unpaired) electrons. The number of rotatable bonds is 12. The van der Waals surface area contributed by atoms with Crippen molar-refractivity contribution in [1.82, 2.24) is 15.6 Å². The van der Waals surface area contributed by atoms with Gasteiger partial charge in [-0.05, 0) is 30.9 Å². The Labute approximate surface area is 191 Å². The summed E-state index contributed by atoms with van der Waals surface area (Å²) >= 11 is 0. The molecule has 2 amide bonds. The highest BCUT2D eigenvalue weighted by atomic mass is 16.4. The van der Waals surface area contributed by atoms with Crippen molar-refractivity contribution in [2.75, 3.05) is 6.54 Å².